The van der Waals surface area contributed by atoms with Crippen molar-refractivity contribution in [1.29, 1.82) is 0 Å². The van der Waals surface area contributed by atoms with Gasteiger partial charge in [0, 0.05) is 16.9 Å². The number of hydrogen-bond donors (Lipinski definition) is 2. The third-order valence-electron chi connectivity index (χ3n) is 4.50. The highest BCUT2D eigenvalue weighted by Gasteiger charge is 2.18. The summed E-state index contributed by atoms with van der Waals surface area (Å²) in [4.78, 5) is 12.5. The monoisotopic (exact) mass is 378 g/mol. The van der Waals surface area contributed by atoms with Crippen LogP contribution in [-0.2, 0) is 16.4 Å². The van der Waals surface area contributed by atoms with Crippen LogP contribution >= 0.6 is 0 Å². The number of carbonyl (C=O) groups is 1. The van der Waals surface area contributed by atoms with Gasteiger partial charge in [-0.1, -0.05) is 30.3 Å². The molecule has 1 aliphatic rings. The van der Waals surface area contributed by atoms with Gasteiger partial charge in [-0.15, -0.1) is 0 Å². The van der Waals surface area contributed by atoms with Gasteiger partial charge in [-0.05, 0) is 65.1 Å². The van der Waals surface area contributed by atoms with Crippen molar-refractivity contribution in [3.05, 3.63) is 83.4 Å². The van der Waals surface area contributed by atoms with E-state index in [1.807, 2.05) is 30.3 Å². The van der Waals surface area contributed by atoms with Crippen molar-refractivity contribution in [3.8, 4) is 11.1 Å². The molecule has 1 aliphatic carbocycles. The van der Waals surface area contributed by atoms with E-state index in [1.165, 1.54) is 22.3 Å². The fourth-order valence-electron chi connectivity index (χ4n) is 3.33. The van der Waals surface area contributed by atoms with Crippen LogP contribution in [0.25, 0.3) is 11.1 Å². The minimum Gasteiger partial charge on any atom is -0.322 e. The van der Waals surface area contributed by atoms with Crippen LogP contribution in [0.1, 0.15) is 21.5 Å². The Hall–Kier alpha value is -3.12. The van der Waals surface area contributed by atoms with E-state index >= 15 is 0 Å². The third kappa shape index (κ3) is 3.71. The van der Waals surface area contributed by atoms with E-state index in [0.29, 0.717) is 11.3 Å². The van der Waals surface area contributed by atoms with Crippen LogP contribution in [0, 0.1) is 0 Å². The highest BCUT2D eigenvalue weighted by atomic mass is 32.2. The molecule has 0 heterocycles. The molecule has 1 amide bonds. The second kappa shape index (κ2) is 6.55. The van der Waals surface area contributed by atoms with Crippen LogP contribution in [0.2, 0.25) is 0 Å². The molecule has 0 saturated heterocycles. The van der Waals surface area contributed by atoms with Gasteiger partial charge in [0.15, 0.2) is 0 Å². The van der Waals surface area contributed by atoms with Crippen molar-refractivity contribution in [1.82, 2.24) is 0 Å². The molecule has 136 valence electrons. The first-order valence-corrected chi connectivity index (χ1v) is 10.4. The summed E-state index contributed by atoms with van der Waals surface area (Å²) in [6, 6.07) is 20.6. The second-order valence-corrected chi connectivity index (χ2v) is 8.36. The molecule has 6 heteroatoms. The molecule has 0 radical (unpaired) electrons. The number of amides is 1. The number of hydrogen-bond acceptors (Lipinski definition) is 3. The zero-order valence-electron chi connectivity index (χ0n) is 14.7. The van der Waals surface area contributed by atoms with Crippen molar-refractivity contribution in [3.63, 3.8) is 0 Å². The molecule has 27 heavy (non-hydrogen) atoms. The van der Waals surface area contributed by atoms with E-state index in [9.17, 15) is 13.2 Å². The molecule has 0 unspecified atom stereocenters. The molecule has 0 spiro atoms. The molecule has 3 aromatic rings. The van der Waals surface area contributed by atoms with Gasteiger partial charge in [-0.3, -0.25) is 9.52 Å². The van der Waals surface area contributed by atoms with Gasteiger partial charge in [0.25, 0.3) is 5.91 Å². The quantitative estimate of drug-likeness (QED) is 0.566. The molecule has 5 nitrogen and oxygen atoms in total. The summed E-state index contributed by atoms with van der Waals surface area (Å²) in [6.45, 7) is 0. The van der Waals surface area contributed by atoms with Crippen LogP contribution in [0.3, 0.4) is 0 Å². The van der Waals surface area contributed by atoms with E-state index in [1.54, 1.807) is 24.3 Å². The van der Waals surface area contributed by atoms with Gasteiger partial charge in [0.1, 0.15) is 0 Å². The molecule has 0 aromatic heterocycles. The second-order valence-electron chi connectivity index (χ2n) is 6.61. The van der Waals surface area contributed by atoms with E-state index in [-0.39, 0.29) is 5.91 Å². The van der Waals surface area contributed by atoms with Crippen molar-refractivity contribution in [2.75, 3.05) is 16.3 Å². The normalized spacial score (nSPS) is 12.2. The van der Waals surface area contributed by atoms with Crippen molar-refractivity contribution in [2.24, 2.45) is 0 Å². The Morgan fingerprint density at radius 2 is 1.52 bits per heavy atom. The van der Waals surface area contributed by atoms with Gasteiger partial charge in [-0.2, -0.15) is 0 Å². The summed E-state index contributed by atoms with van der Waals surface area (Å²) in [7, 11) is -3.34. The van der Waals surface area contributed by atoms with Crippen LogP contribution in [-0.4, -0.2) is 20.6 Å². The molecule has 0 bridgehead atoms. The lowest BCUT2D eigenvalue weighted by molar-refractivity contribution is 0.102. The lowest BCUT2D eigenvalue weighted by Gasteiger charge is -2.09. The van der Waals surface area contributed by atoms with Gasteiger partial charge < -0.3 is 5.32 Å². The molecule has 4 rings (SSSR count). The number of rotatable bonds is 4. The summed E-state index contributed by atoms with van der Waals surface area (Å²) in [5, 5.41) is 2.90. The van der Waals surface area contributed by atoms with Gasteiger partial charge in [0.2, 0.25) is 10.0 Å². The molecule has 2 N–H and O–H groups in total. The smallest absolute Gasteiger partial charge is 0.255 e. The highest BCUT2D eigenvalue weighted by molar-refractivity contribution is 7.92. The Balaban J connectivity index is 1.50. The van der Waals surface area contributed by atoms with E-state index in [0.717, 1.165) is 18.4 Å². The largest absolute Gasteiger partial charge is 0.322 e. The fraction of sp³-hybridized carbons (Fsp3) is 0.0952. The maximum Gasteiger partial charge on any atom is 0.255 e. The first-order chi connectivity index (χ1) is 12.9. The molecule has 0 fully saturated rings. The van der Waals surface area contributed by atoms with Crippen molar-refractivity contribution < 1.29 is 13.2 Å². The topological polar surface area (TPSA) is 75.3 Å². The van der Waals surface area contributed by atoms with Gasteiger partial charge in [-0.25, -0.2) is 8.42 Å². The Kier molecular flexibility index (Phi) is 4.20. The van der Waals surface area contributed by atoms with Crippen molar-refractivity contribution >= 4 is 27.3 Å². The maximum atomic E-state index is 12.5. The number of carbonyl (C=O) groups excluding carboxylic acids is 1. The first kappa shape index (κ1) is 17.3. The number of sulfonamides is 1. The molecule has 0 saturated carbocycles. The first-order valence-electron chi connectivity index (χ1n) is 8.49. The third-order valence-corrected chi connectivity index (χ3v) is 5.11. The van der Waals surface area contributed by atoms with Crippen LogP contribution in [0.15, 0.2) is 66.7 Å². The number of benzene rings is 3. The highest BCUT2D eigenvalue weighted by Crippen LogP contribution is 2.37. The summed E-state index contributed by atoms with van der Waals surface area (Å²) in [5.41, 5.74) is 6.57. The molecule has 3 aromatic carbocycles. The summed E-state index contributed by atoms with van der Waals surface area (Å²) in [6.07, 6.45) is 1.95. The molecular weight excluding hydrogens is 360 g/mol. The minimum absolute atomic E-state index is 0.239. The Morgan fingerprint density at radius 1 is 0.852 bits per heavy atom. The Morgan fingerprint density at radius 3 is 2.26 bits per heavy atom. The number of anilines is 2. The van der Waals surface area contributed by atoms with Gasteiger partial charge in [0.05, 0.1) is 6.26 Å². The lowest BCUT2D eigenvalue weighted by atomic mass is 10.1. The SMILES string of the molecule is CS(=O)(=O)Nc1ccc(C(=O)Nc2ccc3c(c2)Cc2ccccc2-3)cc1. The summed E-state index contributed by atoms with van der Waals surface area (Å²) in [5.74, 6) is -0.239. The Labute approximate surface area is 158 Å². The molecular formula is C21H18N2O3S. The average molecular weight is 378 g/mol. The summed E-state index contributed by atoms with van der Waals surface area (Å²) >= 11 is 0. The van der Waals surface area contributed by atoms with E-state index in [4.69, 9.17) is 0 Å². The Bertz CT molecular complexity index is 1140. The lowest BCUT2D eigenvalue weighted by Crippen LogP contribution is -2.13. The molecule has 0 atom stereocenters. The predicted molar refractivity (Wildman–Crippen MR) is 108 cm³/mol. The minimum atomic E-state index is -3.34. The van der Waals surface area contributed by atoms with Crippen LogP contribution in [0.4, 0.5) is 11.4 Å². The van der Waals surface area contributed by atoms with Crippen LogP contribution < -0.4 is 10.0 Å². The van der Waals surface area contributed by atoms with Crippen molar-refractivity contribution in [2.45, 2.75) is 6.42 Å². The zero-order valence-corrected chi connectivity index (χ0v) is 15.5. The van der Waals surface area contributed by atoms with E-state index in [2.05, 4.69) is 22.2 Å². The maximum absolute atomic E-state index is 12.5. The number of fused-ring (bicyclic) bond motifs is 3. The van der Waals surface area contributed by atoms with Crippen LogP contribution in [0.5, 0.6) is 0 Å². The average Bonchev–Trinajstić information content (AvgIpc) is 2.98. The summed E-state index contributed by atoms with van der Waals surface area (Å²) < 4.78 is 24.9. The molecule has 0 aliphatic heterocycles. The predicted octanol–water partition coefficient (Wildman–Crippen LogP) is 3.88. The number of nitrogens with one attached hydrogen (secondary N) is 2. The zero-order chi connectivity index (χ0) is 19.0. The van der Waals surface area contributed by atoms with Gasteiger partial charge >= 0.3 is 0 Å². The standard InChI is InChI=1S/C21H18N2O3S/c1-27(25,26)23-17-8-6-14(7-9-17)21(24)22-18-10-11-20-16(13-18)12-15-4-2-3-5-19(15)20/h2-11,13,23H,12H2,1H3,(H,22,24). The fourth-order valence-corrected chi connectivity index (χ4v) is 3.89. The van der Waals surface area contributed by atoms with E-state index < -0.39 is 10.0 Å².